The molecule has 4 heteroatoms. The molecule has 0 aromatic carbocycles. The maximum Gasteiger partial charge on any atom is 0.0684 e. The first-order valence-corrected chi connectivity index (χ1v) is 4.31. The number of hydrogen-bond acceptors (Lipinski definition) is 2. The molecule has 0 fully saturated rings. The minimum Gasteiger partial charge on any atom is -0.261 e. The first kappa shape index (κ1) is 9.55. The molecule has 1 rings (SSSR count). The Morgan fingerprint density at radius 3 is 3.15 bits per heavy atom. The van der Waals surface area contributed by atoms with Crippen molar-refractivity contribution in [1.82, 2.24) is 4.98 Å². The molecule has 0 bridgehead atoms. The second kappa shape index (κ2) is 5.17. The molecule has 0 saturated carbocycles. The van der Waals surface area contributed by atoms with E-state index < -0.39 is 0 Å². The van der Waals surface area contributed by atoms with Crippen molar-refractivity contribution in [3.63, 3.8) is 0 Å². The number of nitrogens with zero attached hydrogens (tertiary/aromatic N) is 4. The van der Waals surface area contributed by atoms with Gasteiger partial charge in [0.05, 0.1) is 6.54 Å². The van der Waals surface area contributed by atoms with Crippen LogP contribution in [0, 0.1) is 0 Å². The van der Waals surface area contributed by atoms with Gasteiger partial charge in [-0.25, -0.2) is 0 Å². The van der Waals surface area contributed by atoms with Crippen LogP contribution in [0.2, 0.25) is 0 Å². The third kappa shape index (κ3) is 3.13. The van der Waals surface area contributed by atoms with Crippen LogP contribution in [0.4, 0.5) is 0 Å². The minimum absolute atomic E-state index is 0.341. The van der Waals surface area contributed by atoms with Gasteiger partial charge < -0.3 is 0 Å². The lowest BCUT2D eigenvalue weighted by atomic mass is 10.1. The van der Waals surface area contributed by atoms with E-state index in [0.717, 1.165) is 18.5 Å². The maximum absolute atomic E-state index is 8.13. The van der Waals surface area contributed by atoms with Crippen LogP contribution in [0.1, 0.15) is 24.6 Å². The van der Waals surface area contributed by atoms with Crippen LogP contribution in [-0.4, -0.2) is 4.98 Å². The van der Waals surface area contributed by atoms with Gasteiger partial charge in [0.1, 0.15) is 0 Å². The summed E-state index contributed by atoms with van der Waals surface area (Å²) in [6, 6.07) is 3.97. The van der Waals surface area contributed by atoms with Crippen LogP contribution in [-0.2, 0) is 13.0 Å². The molecule has 1 aromatic heterocycles. The summed E-state index contributed by atoms with van der Waals surface area (Å²) >= 11 is 0. The van der Waals surface area contributed by atoms with Gasteiger partial charge in [0, 0.05) is 16.8 Å². The molecule has 0 aliphatic carbocycles. The van der Waals surface area contributed by atoms with Crippen molar-refractivity contribution >= 4 is 0 Å². The molecule has 68 valence electrons. The lowest BCUT2D eigenvalue weighted by Crippen LogP contribution is -1.90. The van der Waals surface area contributed by atoms with Gasteiger partial charge in [0.15, 0.2) is 0 Å². The number of hydrogen-bond donors (Lipinski definition) is 0. The summed E-state index contributed by atoms with van der Waals surface area (Å²) in [4.78, 5) is 6.79. The molecule has 0 aliphatic rings. The van der Waals surface area contributed by atoms with Gasteiger partial charge in [-0.15, -0.1) is 0 Å². The smallest absolute Gasteiger partial charge is 0.0684 e. The van der Waals surface area contributed by atoms with Crippen molar-refractivity contribution in [2.45, 2.75) is 26.3 Å². The molecule has 1 heterocycles. The van der Waals surface area contributed by atoms with E-state index in [4.69, 9.17) is 5.53 Å². The highest BCUT2D eigenvalue weighted by molar-refractivity contribution is 5.16. The van der Waals surface area contributed by atoms with Crippen LogP contribution in [0.15, 0.2) is 23.4 Å². The van der Waals surface area contributed by atoms with Gasteiger partial charge in [-0.3, -0.25) is 4.98 Å². The fourth-order valence-corrected chi connectivity index (χ4v) is 1.16. The van der Waals surface area contributed by atoms with Crippen molar-refractivity contribution in [3.8, 4) is 0 Å². The Balaban J connectivity index is 2.72. The van der Waals surface area contributed by atoms with Crippen molar-refractivity contribution in [2.24, 2.45) is 5.11 Å². The molecular formula is C9H12N4. The van der Waals surface area contributed by atoms with Gasteiger partial charge in [0.2, 0.25) is 0 Å². The molecule has 0 aliphatic heterocycles. The SMILES string of the molecule is CCCc1ccnc(CN=[N+]=[N-])c1. The Bertz CT molecular complexity index is 315. The molecule has 1 aromatic rings. The zero-order chi connectivity index (χ0) is 9.52. The van der Waals surface area contributed by atoms with Crippen molar-refractivity contribution in [2.75, 3.05) is 0 Å². The minimum atomic E-state index is 0.341. The van der Waals surface area contributed by atoms with Crippen LogP contribution in [0.3, 0.4) is 0 Å². The summed E-state index contributed by atoms with van der Waals surface area (Å²) in [5.41, 5.74) is 10.2. The molecule has 0 unspecified atom stereocenters. The van der Waals surface area contributed by atoms with Crippen molar-refractivity contribution in [1.29, 1.82) is 0 Å². The lowest BCUT2D eigenvalue weighted by molar-refractivity contribution is 0.899. The highest BCUT2D eigenvalue weighted by atomic mass is 15.1. The fourth-order valence-electron chi connectivity index (χ4n) is 1.16. The van der Waals surface area contributed by atoms with E-state index in [0.29, 0.717) is 6.54 Å². The highest BCUT2D eigenvalue weighted by Crippen LogP contribution is 2.05. The summed E-state index contributed by atoms with van der Waals surface area (Å²) in [5.74, 6) is 0. The topological polar surface area (TPSA) is 61.7 Å². The molecule has 4 nitrogen and oxygen atoms in total. The maximum atomic E-state index is 8.13. The summed E-state index contributed by atoms with van der Waals surface area (Å²) in [6.45, 7) is 2.47. The number of azide groups is 1. The van der Waals surface area contributed by atoms with Crippen LogP contribution in [0.5, 0.6) is 0 Å². The van der Waals surface area contributed by atoms with Gasteiger partial charge in [0.25, 0.3) is 0 Å². The van der Waals surface area contributed by atoms with Gasteiger partial charge >= 0.3 is 0 Å². The Labute approximate surface area is 77.2 Å². The largest absolute Gasteiger partial charge is 0.261 e. The first-order chi connectivity index (χ1) is 6.36. The van der Waals surface area contributed by atoms with E-state index in [9.17, 15) is 0 Å². The molecular weight excluding hydrogens is 164 g/mol. The van der Waals surface area contributed by atoms with E-state index in [2.05, 4.69) is 21.9 Å². The third-order valence-corrected chi connectivity index (χ3v) is 1.72. The third-order valence-electron chi connectivity index (χ3n) is 1.72. The summed E-state index contributed by atoms with van der Waals surface area (Å²) in [5, 5.41) is 3.46. The quantitative estimate of drug-likeness (QED) is 0.395. The molecule has 0 spiro atoms. The van der Waals surface area contributed by atoms with E-state index in [1.54, 1.807) is 6.20 Å². The Morgan fingerprint density at radius 2 is 2.46 bits per heavy atom. The van der Waals surface area contributed by atoms with E-state index in [-0.39, 0.29) is 0 Å². The van der Waals surface area contributed by atoms with Crippen molar-refractivity contribution < 1.29 is 0 Å². The average molecular weight is 176 g/mol. The lowest BCUT2D eigenvalue weighted by Gasteiger charge is -1.99. The highest BCUT2D eigenvalue weighted by Gasteiger charge is 1.94. The Kier molecular flexibility index (Phi) is 3.79. The zero-order valence-corrected chi connectivity index (χ0v) is 7.64. The second-order valence-corrected chi connectivity index (χ2v) is 2.79. The van der Waals surface area contributed by atoms with Gasteiger partial charge in [-0.05, 0) is 29.6 Å². The van der Waals surface area contributed by atoms with Crippen LogP contribution >= 0.6 is 0 Å². The molecule has 13 heavy (non-hydrogen) atoms. The Morgan fingerprint density at radius 1 is 1.62 bits per heavy atom. The number of pyridine rings is 1. The molecule has 0 amide bonds. The predicted molar refractivity (Wildman–Crippen MR) is 51.1 cm³/mol. The summed E-state index contributed by atoms with van der Waals surface area (Å²) < 4.78 is 0. The standard InChI is InChI=1S/C9H12N4/c1-2-3-8-4-5-11-9(6-8)7-12-13-10/h4-6H,2-3,7H2,1H3. The normalized spacial score (nSPS) is 9.31. The Hall–Kier alpha value is -1.54. The second-order valence-electron chi connectivity index (χ2n) is 2.79. The van der Waals surface area contributed by atoms with Gasteiger partial charge in [-0.1, -0.05) is 18.5 Å². The van der Waals surface area contributed by atoms with E-state index in [1.165, 1.54) is 5.56 Å². The van der Waals surface area contributed by atoms with E-state index in [1.807, 2.05) is 12.1 Å². The molecule has 0 N–H and O–H groups in total. The summed E-state index contributed by atoms with van der Waals surface area (Å²) in [7, 11) is 0. The summed E-state index contributed by atoms with van der Waals surface area (Å²) in [6.07, 6.45) is 3.92. The van der Waals surface area contributed by atoms with Crippen molar-refractivity contribution in [3.05, 3.63) is 40.0 Å². The molecule has 0 atom stereocenters. The van der Waals surface area contributed by atoms with Crippen LogP contribution < -0.4 is 0 Å². The van der Waals surface area contributed by atoms with Gasteiger partial charge in [-0.2, -0.15) is 0 Å². The molecule has 0 radical (unpaired) electrons. The first-order valence-electron chi connectivity index (χ1n) is 4.31. The number of aromatic nitrogens is 1. The zero-order valence-electron chi connectivity index (χ0n) is 7.64. The number of rotatable bonds is 4. The van der Waals surface area contributed by atoms with Crippen LogP contribution in [0.25, 0.3) is 10.4 Å². The predicted octanol–water partition coefficient (Wildman–Crippen LogP) is 2.84. The average Bonchev–Trinajstić information content (AvgIpc) is 2.16. The monoisotopic (exact) mass is 176 g/mol. The fraction of sp³-hybridized carbons (Fsp3) is 0.444. The number of aryl methyl sites for hydroxylation is 1. The van der Waals surface area contributed by atoms with E-state index >= 15 is 0 Å². The molecule has 0 saturated heterocycles.